The monoisotopic (exact) mass is 378 g/mol. The van der Waals surface area contributed by atoms with E-state index in [9.17, 15) is 4.79 Å². The number of ether oxygens (including phenoxy) is 1. The van der Waals surface area contributed by atoms with Crippen LogP contribution in [0.3, 0.4) is 0 Å². The summed E-state index contributed by atoms with van der Waals surface area (Å²) in [6.45, 7) is 4.61. The fourth-order valence-corrected chi connectivity index (χ4v) is 3.13. The van der Waals surface area contributed by atoms with Crippen molar-refractivity contribution in [3.8, 4) is 11.5 Å². The van der Waals surface area contributed by atoms with E-state index in [1.165, 1.54) is 0 Å². The van der Waals surface area contributed by atoms with E-state index in [-0.39, 0.29) is 6.03 Å². The van der Waals surface area contributed by atoms with Gasteiger partial charge in [-0.2, -0.15) is 0 Å². The van der Waals surface area contributed by atoms with Gasteiger partial charge in [0.25, 0.3) is 0 Å². The summed E-state index contributed by atoms with van der Waals surface area (Å²) in [5.74, 6) is 2.73. The van der Waals surface area contributed by atoms with Crippen LogP contribution in [0.4, 0.5) is 16.3 Å². The summed E-state index contributed by atoms with van der Waals surface area (Å²) in [7, 11) is 0. The molecule has 28 heavy (non-hydrogen) atoms. The molecule has 0 bridgehead atoms. The number of rotatable bonds is 4. The maximum atomic E-state index is 12.3. The van der Waals surface area contributed by atoms with Gasteiger partial charge in [-0.05, 0) is 43.3 Å². The predicted octanol–water partition coefficient (Wildman–Crippen LogP) is 4.13. The van der Waals surface area contributed by atoms with Crippen molar-refractivity contribution in [2.24, 2.45) is 0 Å². The lowest BCUT2D eigenvalue weighted by Crippen LogP contribution is -2.50. The Balaban J connectivity index is 1.30. The molecule has 0 aliphatic carbocycles. The minimum atomic E-state index is -0.153. The Morgan fingerprint density at radius 3 is 2.32 bits per heavy atom. The molecule has 1 saturated heterocycles. The van der Waals surface area contributed by atoms with Gasteiger partial charge in [0, 0.05) is 37.9 Å². The van der Waals surface area contributed by atoms with Gasteiger partial charge < -0.3 is 19.1 Å². The highest BCUT2D eigenvalue weighted by molar-refractivity contribution is 5.88. The Morgan fingerprint density at radius 1 is 1.00 bits per heavy atom. The Morgan fingerprint density at radius 2 is 1.68 bits per heavy atom. The molecule has 0 unspecified atom stereocenters. The lowest BCUT2D eigenvalue weighted by molar-refractivity contribution is 0.208. The van der Waals surface area contributed by atoms with Crippen LogP contribution >= 0.6 is 0 Å². The third-order valence-corrected chi connectivity index (χ3v) is 4.61. The summed E-state index contributed by atoms with van der Waals surface area (Å²) < 4.78 is 10.8. The maximum Gasteiger partial charge on any atom is 0.323 e. The first-order valence-corrected chi connectivity index (χ1v) is 9.24. The largest absolute Gasteiger partial charge is 0.457 e. The molecule has 1 aromatic heterocycles. The molecule has 0 saturated carbocycles. The standard InChI is InChI=1S/C21H22N4O3/c1-16-15-20(23-28-16)22-21(26)25-13-11-24(12-14-25)17-7-9-19(10-8-17)27-18-5-3-2-4-6-18/h2-10,15H,11-14H2,1H3,(H,22,23,26). The molecule has 1 N–H and O–H groups in total. The van der Waals surface area contributed by atoms with Crippen molar-refractivity contribution in [2.75, 3.05) is 36.4 Å². The number of amides is 2. The van der Waals surface area contributed by atoms with Gasteiger partial charge in [-0.3, -0.25) is 5.32 Å². The average molecular weight is 378 g/mol. The van der Waals surface area contributed by atoms with Gasteiger partial charge in [-0.15, -0.1) is 0 Å². The zero-order valence-corrected chi connectivity index (χ0v) is 15.7. The van der Waals surface area contributed by atoms with E-state index in [1.54, 1.807) is 17.9 Å². The average Bonchev–Trinajstić information content (AvgIpc) is 3.14. The van der Waals surface area contributed by atoms with Crippen LogP contribution in [0.1, 0.15) is 5.76 Å². The first kappa shape index (κ1) is 17.9. The van der Waals surface area contributed by atoms with Gasteiger partial charge in [-0.1, -0.05) is 23.4 Å². The van der Waals surface area contributed by atoms with Crippen LogP contribution in [0, 0.1) is 6.92 Å². The number of nitrogens with one attached hydrogen (secondary N) is 1. The second kappa shape index (κ2) is 8.04. The molecule has 1 fully saturated rings. The smallest absolute Gasteiger partial charge is 0.323 e. The Hall–Kier alpha value is -3.48. The molecule has 7 heteroatoms. The number of carbonyl (C=O) groups excluding carboxylic acids is 1. The first-order valence-electron chi connectivity index (χ1n) is 9.24. The predicted molar refractivity (Wildman–Crippen MR) is 107 cm³/mol. The van der Waals surface area contributed by atoms with Gasteiger partial charge in [0.05, 0.1) is 0 Å². The van der Waals surface area contributed by atoms with Gasteiger partial charge in [0.1, 0.15) is 17.3 Å². The fourth-order valence-electron chi connectivity index (χ4n) is 3.13. The minimum Gasteiger partial charge on any atom is -0.457 e. The molecular weight excluding hydrogens is 356 g/mol. The van der Waals surface area contributed by atoms with Crippen LogP contribution < -0.4 is 15.0 Å². The molecule has 0 spiro atoms. The summed E-state index contributed by atoms with van der Waals surface area (Å²) in [5, 5.41) is 6.56. The number of anilines is 2. The Kier molecular flexibility index (Phi) is 5.14. The van der Waals surface area contributed by atoms with Gasteiger partial charge in [0.2, 0.25) is 0 Å². The Labute approximate surface area is 163 Å². The van der Waals surface area contributed by atoms with Gasteiger partial charge >= 0.3 is 6.03 Å². The van der Waals surface area contributed by atoms with Crippen LogP contribution in [0.5, 0.6) is 11.5 Å². The fraction of sp³-hybridized carbons (Fsp3) is 0.238. The van der Waals surface area contributed by atoms with E-state index in [0.29, 0.717) is 24.7 Å². The van der Waals surface area contributed by atoms with Crippen molar-refractivity contribution in [1.29, 1.82) is 0 Å². The molecule has 144 valence electrons. The van der Waals surface area contributed by atoms with Crippen LogP contribution in [-0.4, -0.2) is 42.3 Å². The minimum absolute atomic E-state index is 0.153. The topological polar surface area (TPSA) is 70.8 Å². The SMILES string of the molecule is Cc1cc(NC(=O)N2CCN(c3ccc(Oc4ccccc4)cc3)CC2)no1. The highest BCUT2D eigenvalue weighted by atomic mass is 16.5. The highest BCUT2D eigenvalue weighted by Crippen LogP contribution is 2.25. The third-order valence-electron chi connectivity index (χ3n) is 4.61. The van der Waals surface area contributed by atoms with Crippen LogP contribution in [0.15, 0.2) is 65.2 Å². The summed E-state index contributed by atoms with van der Waals surface area (Å²) in [4.78, 5) is 16.4. The van der Waals surface area contributed by atoms with Gasteiger partial charge in [-0.25, -0.2) is 4.79 Å². The molecule has 0 atom stereocenters. The van der Waals surface area contributed by atoms with E-state index in [0.717, 1.165) is 30.3 Å². The first-order chi connectivity index (χ1) is 13.7. The molecule has 4 rings (SSSR count). The van der Waals surface area contributed by atoms with E-state index in [1.807, 2.05) is 54.6 Å². The van der Waals surface area contributed by atoms with Crippen molar-refractivity contribution in [2.45, 2.75) is 6.92 Å². The van der Waals surface area contributed by atoms with E-state index in [4.69, 9.17) is 9.26 Å². The molecule has 1 aliphatic rings. The number of carbonyl (C=O) groups is 1. The molecule has 3 aromatic rings. The van der Waals surface area contributed by atoms with Crippen LogP contribution in [-0.2, 0) is 0 Å². The van der Waals surface area contributed by atoms with Gasteiger partial charge in [0.15, 0.2) is 5.82 Å². The van der Waals surface area contributed by atoms with Crippen molar-refractivity contribution >= 4 is 17.5 Å². The van der Waals surface area contributed by atoms with Crippen molar-refractivity contribution in [3.63, 3.8) is 0 Å². The molecular formula is C21H22N4O3. The number of hydrogen-bond donors (Lipinski definition) is 1. The Bertz CT molecular complexity index is 916. The molecule has 2 aromatic carbocycles. The number of piperazine rings is 1. The zero-order valence-electron chi connectivity index (χ0n) is 15.7. The summed E-state index contributed by atoms with van der Waals surface area (Å²) in [6.07, 6.45) is 0. The van der Waals surface area contributed by atoms with Crippen LogP contribution in [0.2, 0.25) is 0 Å². The number of urea groups is 1. The van der Waals surface area contributed by atoms with Crippen molar-refractivity contribution in [1.82, 2.24) is 10.1 Å². The number of aromatic nitrogens is 1. The quantitative estimate of drug-likeness (QED) is 0.739. The van der Waals surface area contributed by atoms with E-state index < -0.39 is 0 Å². The lowest BCUT2D eigenvalue weighted by Gasteiger charge is -2.35. The molecule has 1 aliphatic heterocycles. The molecule has 7 nitrogen and oxygen atoms in total. The molecule has 0 radical (unpaired) electrons. The van der Waals surface area contributed by atoms with Crippen molar-refractivity contribution in [3.05, 3.63) is 66.4 Å². The highest BCUT2D eigenvalue weighted by Gasteiger charge is 2.22. The van der Waals surface area contributed by atoms with Crippen LogP contribution in [0.25, 0.3) is 0 Å². The van der Waals surface area contributed by atoms with Crippen molar-refractivity contribution < 1.29 is 14.1 Å². The van der Waals surface area contributed by atoms with E-state index in [2.05, 4.69) is 15.4 Å². The summed E-state index contributed by atoms with van der Waals surface area (Å²) in [5.41, 5.74) is 1.12. The lowest BCUT2D eigenvalue weighted by atomic mass is 10.2. The zero-order chi connectivity index (χ0) is 19.3. The molecule has 2 amide bonds. The number of hydrogen-bond acceptors (Lipinski definition) is 5. The number of para-hydroxylation sites is 1. The maximum absolute atomic E-state index is 12.3. The molecule has 2 heterocycles. The van der Waals surface area contributed by atoms with E-state index >= 15 is 0 Å². The normalized spacial score (nSPS) is 14.0. The number of aryl methyl sites for hydroxylation is 1. The second-order valence-corrected chi connectivity index (χ2v) is 6.64. The summed E-state index contributed by atoms with van der Waals surface area (Å²) in [6, 6.07) is 19.3. The number of nitrogens with zero attached hydrogens (tertiary/aromatic N) is 3. The third kappa shape index (κ3) is 4.25. The number of benzene rings is 2. The summed E-state index contributed by atoms with van der Waals surface area (Å²) >= 11 is 0. The second-order valence-electron chi connectivity index (χ2n) is 6.64.